The lowest BCUT2D eigenvalue weighted by molar-refractivity contribution is -0.118. The molecule has 0 saturated carbocycles. The summed E-state index contributed by atoms with van der Waals surface area (Å²) in [6.07, 6.45) is 0.454. The number of nitrogens with zero attached hydrogens (tertiary/aromatic N) is 1. The molecule has 2 heterocycles. The van der Waals surface area contributed by atoms with Gasteiger partial charge in [0.15, 0.2) is 16.4 Å². The van der Waals surface area contributed by atoms with Gasteiger partial charge in [0.05, 0.1) is 17.2 Å². The Morgan fingerprint density at radius 3 is 2.86 bits per heavy atom. The van der Waals surface area contributed by atoms with Crippen molar-refractivity contribution >= 4 is 27.3 Å². The first-order chi connectivity index (χ1) is 10.4. The van der Waals surface area contributed by atoms with Crippen molar-refractivity contribution in [2.45, 2.75) is 12.5 Å². The molecule has 118 valence electrons. The van der Waals surface area contributed by atoms with Gasteiger partial charge in [-0.15, -0.1) is 0 Å². The number of amides is 2. The van der Waals surface area contributed by atoms with Crippen LogP contribution in [-0.4, -0.2) is 56.3 Å². The number of ether oxygens (including phenoxy) is 1. The Morgan fingerprint density at radius 2 is 2.18 bits per heavy atom. The molecule has 2 aliphatic rings. The Kier molecular flexibility index (Phi) is 3.56. The van der Waals surface area contributed by atoms with Crippen LogP contribution < -0.4 is 10.1 Å². The van der Waals surface area contributed by atoms with Gasteiger partial charge in [-0.2, -0.15) is 0 Å². The molecule has 22 heavy (non-hydrogen) atoms. The predicted octanol–water partition coefficient (Wildman–Crippen LogP) is 0.277. The second-order valence-corrected chi connectivity index (χ2v) is 7.75. The van der Waals surface area contributed by atoms with E-state index in [0.29, 0.717) is 23.4 Å². The summed E-state index contributed by atoms with van der Waals surface area (Å²) in [5.41, 5.74) is 0.839. The van der Waals surface area contributed by atoms with Crippen LogP contribution in [0.5, 0.6) is 5.75 Å². The summed E-state index contributed by atoms with van der Waals surface area (Å²) < 4.78 is 28.3. The molecule has 2 amide bonds. The fraction of sp³-hybridized carbons (Fsp3) is 0.429. The van der Waals surface area contributed by atoms with Crippen LogP contribution in [0.15, 0.2) is 18.2 Å². The van der Waals surface area contributed by atoms with Crippen LogP contribution in [0.4, 0.5) is 5.69 Å². The Balaban J connectivity index is 1.80. The van der Waals surface area contributed by atoms with E-state index >= 15 is 0 Å². The Labute approximate surface area is 128 Å². The number of hydrogen-bond acceptors (Lipinski definition) is 5. The summed E-state index contributed by atoms with van der Waals surface area (Å²) in [5.74, 6) is 0.0861. The number of rotatable bonds is 2. The maximum Gasteiger partial charge on any atom is 0.262 e. The van der Waals surface area contributed by atoms with E-state index in [-0.39, 0.29) is 36.0 Å². The molecular weight excluding hydrogens is 308 g/mol. The van der Waals surface area contributed by atoms with Gasteiger partial charge in [-0.1, -0.05) is 0 Å². The molecule has 7 nitrogen and oxygen atoms in total. The van der Waals surface area contributed by atoms with Crippen molar-refractivity contribution < 1.29 is 22.7 Å². The minimum absolute atomic E-state index is 0.0000275. The second kappa shape index (κ2) is 5.28. The Morgan fingerprint density at radius 1 is 1.41 bits per heavy atom. The highest BCUT2D eigenvalue weighted by atomic mass is 32.2. The van der Waals surface area contributed by atoms with Crippen LogP contribution in [0.2, 0.25) is 0 Å². The molecule has 1 fully saturated rings. The topological polar surface area (TPSA) is 92.8 Å². The third-order valence-corrected chi connectivity index (χ3v) is 5.69. The van der Waals surface area contributed by atoms with Crippen molar-refractivity contribution in [3.05, 3.63) is 23.8 Å². The average Bonchev–Trinajstić information content (AvgIpc) is 2.85. The lowest BCUT2D eigenvalue weighted by atomic mass is 10.1. The van der Waals surface area contributed by atoms with Gasteiger partial charge in [0.25, 0.3) is 11.8 Å². The first-order valence-corrected chi connectivity index (χ1v) is 8.72. The van der Waals surface area contributed by atoms with Crippen LogP contribution in [0.1, 0.15) is 16.8 Å². The molecule has 1 aromatic carbocycles. The average molecular weight is 324 g/mol. The van der Waals surface area contributed by atoms with Crippen LogP contribution in [-0.2, 0) is 14.6 Å². The lowest BCUT2D eigenvalue weighted by Crippen LogP contribution is -2.38. The lowest BCUT2D eigenvalue weighted by Gasteiger charge is -2.24. The van der Waals surface area contributed by atoms with Gasteiger partial charge < -0.3 is 15.0 Å². The summed E-state index contributed by atoms with van der Waals surface area (Å²) in [4.78, 5) is 25.3. The number of carbonyl (C=O) groups excluding carboxylic acids is 2. The summed E-state index contributed by atoms with van der Waals surface area (Å²) >= 11 is 0. The van der Waals surface area contributed by atoms with E-state index in [1.165, 1.54) is 4.90 Å². The molecule has 0 bridgehead atoms. The van der Waals surface area contributed by atoms with Gasteiger partial charge in [-0.05, 0) is 24.6 Å². The molecule has 0 aliphatic carbocycles. The Hall–Kier alpha value is -2.09. The molecule has 1 atom stereocenters. The maximum absolute atomic E-state index is 12.5. The molecule has 1 aromatic rings. The Bertz CT molecular complexity index is 744. The van der Waals surface area contributed by atoms with Crippen molar-refractivity contribution in [3.63, 3.8) is 0 Å². The van der Waals surface area contributed by atoms with E-state index in [1.54, 1.807) is 25.2 Å². The highest BCUT2D eigenvalue weighted by Gasteiger charge is 2.33. The summed E-state index contributed by atoms with van der Waals surface area (Å²) in [5, 5.41) is 2.65. The van der Waals surface area contributed by atoms with Gasteiger partial charge in [0.2, 0.25) is 0 Å². The van der Waals surface area contributed by atoms with Crippen LogP contribution in [0.3, 0.4) is 0 Å². The van der Waals surface area contributed by atoms with E-state index in [1.807, 2.05) is 0 Å². The summed E-state index contributed by atoms with van der Waals surface area (Å²) in [7, 11) is -1.45. The molecule has 2 aliphatic heterocycles. The number of carbonyl (C=O) groups is 2. The molecule has 0 spiro atoms. The first-order valence-electron chi connectivity index (χ1n) is 6.90. The van der Waals surface area contributed by atoms with Crippen molar-refractivity contribution in [2.75, 3.05) is 30.5 Å². The number of anilines is 1. The number of nitrogens with one attached hydrogen (secondary N) is 1. The minimum atomic E-state index is -3.05. The van der Waals surface area contributed by atoms with Gasteiger partial charge in [-0.25, -0.2) is 8.42 Å². The highest BCUT2D eigenvalue weighted by molar-refractivity contribution is 7.91. The maximum atomic E-state index is 12.5. The first kappa shape index (κ1) is 14.8. The third-order valence-electron chi connectivity index (χ3n) is 3.94. The van der Waals surface area contributed by atoms with Gasteiger partial charge in [-0.3, -0.25) is 9.59 Å². The molecule has 0 radical (unpaired) electrons. The predicted molar refractivity (Wildman–Crippen MR) is 79.7 cm³/mol. The fourth-order valence-corrected chi connectivity index (χ4v) is 4.44. The van der Waals surface area contributed by atoms with Crippen molar-refractivity contribution in [2.24, 2.45) is 0 Å². The smallest absolute Gasteiger partial charge is 0.262 e. The van der Waals surface area contributed by atoms with Gasteiger partial charge in [0, 0.05) is 18.7 Å². The number of fused-ring (bicyclic) bond motifs is 1. The third kappa shape index (κ3) is 2.78. The van der Waals surface area contributed by atoms with Crippen molar-refractivity contribution in [1.82, 2.24) is 4.90 Å². The van der Waals surface area contributed by atoms with Crippen LogP contribution in [0, 0.1) is 0 Å². The van der Waals surface area contributed by atoms with E-state index in [9.17, 15) is 18.0 Å². The SMILES string of the molecule is CN(C(=O)c1ccc2c(c1)NC(=O)CO2)C1CCS(=O)(=O)C1. The molecular formula is C14H16N2O5S. The summed E-state index contributed by atoms with van der Waals surface area (Å²) in [6, 6.07) is 4.48. The fourth-order valence-electron chi connectivity index (χ4n) is 2.67. The zero-order valence-corrected chi connectivity index (χ0v) is 12.9. The van der Waals surface area contributed by atoms with E-state index in [0.717, 1.165) is 0 Å². The van der Waals surface area contributed by atoms with Gasteiger partial charge >= 0.3 is 0 Å². The monoisotopic (exact) mass is 324 g/mol. The van der Waals surface area contributed by atoms with E-state index in [2.05, 4.69) is 5.32 Å². The molecule has 3 rings (SSSR count). The van der Waals surface area contributed by atoms with Crippen molar-refractivity contribution in [1.29, 1.82) is 0 Å². The minimum Gasteiger partial charge on any atom is -0.482 e. The molecule has 1 saturated heterocycles. The molecule has 1 unspecified atom stereocenters. The molecule has 0 aromatic heterocycles. The number of sulfone groups is 1. The van der Waals surface area contributed by atoms with E-state index in [4.69, 9.17) is 4.74 Å². The molecule has 1 N–H and O–H groups in total. The number of benzene rings is 1. The van der Waals surface area contributed by atoms with E-state index < -0.39 is 9.84 Å². The van der Waals surface area contributed by atoms with Gasteiger partial charge in [0.1, 0.15) is 5.75 Å². The standard InChI is InChI=1S/C14H16N2O5S/c1-16(10-4-5-22(19,20)8-10)14(18)9-2-3-12-11(6-9)15-13(17)7-21-12/h2-3,6,10H,4-5,7-8H2,1H3,(H,15,17). The number of hydrogen-bond donors (Lipinski definition) is 1. The van der Waals surface area contributed by atoms with Crippen molar-refractivity contribution in [3.8, 4) is 5.75 Å². The quantitative estimate of drug-likeness (QED) is 0.843. The zero-order valence-electron chi connectivity index (χ0n) is 12.0. The van der Waals surface area contributed by atoms with Crippen LogP contribution >= 0.6 is 0 Å². The largest absolute Gasteiger partial charge is 0.482 e. The second-order valence-electron chi connectivity index (χ2n) is 5.52. The van der Waals surface area contributed by atoms with Crippen LogP contribution in [0.25, 0.3) is 0 Å². The molecule has 8 heteroatoms. The normalized spacial score (nSPS) is 22.4. The summed E-state index contributed by atoms with van der Waals surface area (Å²) in [6.45, 7) is -0.0415. The highest BCUT2D eigenvalue weighted by Crippen LogP contribution is 2.29. The zero-order chi connectivity index (χ0) is 15.9.